The molecule has 0 radical (unpaired) electrons. The number of benzene rings is 1. The minimum absolute atomic E-state index is 0.0180. The topological polar surface area (TPSA) is 72.0 Å². The summed E-state index contributed by atoms with van der Waals surface area (Å²) < 4.78 is 0. The first-order chi connectivity index (χ1) is 10.1. The lowest BCUT2D eigenvalue weighted by atomic mass is 10.1. The summed E-state index contributed by atoms with van der Waals surface area (Å²) in [4.78, 5) is 31.9. The molecule has 1 aromatic heterocycles. The van der Waals surface area contributed by atoms with Gasteiger partial charge in [0.15, 0.2) is 5.78 Å². The third-order valence-corrected chi connectivity index (χ3v) is 3.66. The standard InChI is InChI=1S/C16H15N3O2/c1-10(20)11-5-7-12(8-6-11)16(21)19-15-13-3-2-4-14(13)17-9-18-15/h5-9H,2-4H2,1H3,(H,17,18,19,21). The molecule has 1 aliphatic rings. The summed E-state index contributed by atoms with van der Waals surface area (Å²) in [6, 6.07) is 6.60. The minimum atomic E-state index is -0.224. The van der Waals surface area contributed by atoms with Gasteiger partial charge in [0.1, 0.15) is 12.1 Å². The molecular weight excluding hydrogens is 266 g/mol. The number of hydrogen-bond donors (Lipinski definition) is 1. The third kappa shape index (κ3) is 2.67. The van der Waals surface area contributed by atoms with E-state index in [1.165, 1.54) is 13.3 Å². The van der Waals surface area contributed by atoms with Crippen molar-refractivity contribution in [3.63, 3.8) is 0 Å². The number of rotatable bonds is 3. The smallest absolute Gasteiger partial charge is 0.256 e. The Morgan fingerprint density at radius 2 is 1.76 bits per heavy atom. The first-order valence-electron chi connectivity index (χ1n) is 6.90. The number of anilines is 1. The lowest BCUT2D eigenvalue weighted by Crippen LogP contribution is -2.15. The molecule has 5 nitrogen and oxygen atoms in total. The van der Waals surface area contributed by atoms with E-state index in [0.717, 1.165) is 30.5 Å². The summed E-state index contributed by atoms with van der Waals surface area (Å²) >= 11 is 0. The van der Waals surface area contributed by atoms with Crippen molar-refractivity contribution < 1.29 is 9.59 Å². The summed E-state index contributed by atoms with van der Waals surface area (Å²) in [6.07, 6.45) is 4.37. The number of aryl methyl sites for hydroxylation is 1. The molecule has 0 saturated heterocycles. The van der Waals surface area contributed by atoms with E-state index in [1.807, 2.05) is 0 Å². The van der Waals surface area contributed by atoms with Crippen molar-refractivity contribution in [1.29, 1.82) is 0 Å². The molecule has 0 unspecified atom stereocenters. The Labute approximate surface area is 122 Å². The number of nitrogens with one attached hydrogen (secondary N) is 1. The Bertz CT molecular complexity index is 708. The van der Waals surface area contributed by atoms with Crippen molar-refractivity contribution in [3.8, 4) is 0 Å². The fraction of sp³-hybridized carbons (Fsp3) is 0.250. The summed E-state index contributed by atoms with van der Waals surface area (Å²) in [7, 11) is 0. The van der Waals surface area contributed by atoms with Crippen molar-refractivity contribution in [3.05, 3.63) is 53.0 Å². The van der Waals surface area contributed by atoms with Crippen LogP contribution in [0.5, 0.6) is 0 Å². The fourth-order valence-corrected chi connectivity index (χ4v) is 2.50. The molecule has 3 rings (SSSR count). The summed E-state index contributed by atoms with van der Waals surface area (Å²) in [5.74, 6) is 0.353. The lowest BCUT2D eigenvalue weighted by Gasteiger charge is -2.08. The highest BCUT2D eigenvalue weighted by Crippen LogP contribution is 2.25. The van der Waals surface area contributed by atoms with Crippen LogP contribution in [0.4, 0.5) is 5.82 Å². The average molecular weight is 281 g/mol. The maximum Gasteiger partial charge on any atom is 0.256 e. The number of carbonyl (C=O) groups is 2. The van der Waals surface area contributed by atoms with Gasteiger partial charge in [-0.3, -0.25) is 9.59 Å². The Balaban J connectivity index is 1.81. The highest BCUT2D eigenvalue weighted by molar-refractivity contribution is 6.05. The summed E-state index contributed by atoms with van der Waals surface area (Å²) in [5, 5.41) is 2.83. The Kier molecular flexibility index (Phi) is 3.48. The molecule has 1 N–H and O–H groups in total. The number of nitrogens with zero attached hydrogens (tertiary/aromatic N) is 2. The number of Topliss-reactive ketones (excluding diaryl/α,β-unsaturated/α-hetero) is 1. The number of amides is 1. The van der Waals surface area contributed by atoms with Gasteiger partial charge in [-0.25, -0.2) is 9.97 Å². The van der Waals surface area contributed by atoms with Crippen molar-refractivity contribution in [2.45, 2.75) is 26.2 Å². The maximum atomic E-state index is 12.2. The molecule has 0 aliphatic heterocycles. The Morgan fingerprint density at radius 1 is 1.05 bits per heavy atom. The fourth-order valence-electron chi connectivity index (χ4n) is 2.50. The molecule has 1 aromatic carbocycles. The molecule has 2 aromatic rings. The van der Waals surface area contributed by atoms with Crippen LogP contribution in [0.25, 0.3) is 0 Å². The van der Waals surface area contributed by atoms with E-state index in [9.17, 15) is 9.59 Å². The summed E-state index contributed by atoms with van der Waals surface area (Å²) in [6.45, 7) is 1.50. The van der Waals surface area contributed by atoms with Gasteiger partial charge in [-0.2, -0.15) is 0 Å². The average Bonchev–Trinajstić information content (AvgIpc) is 2.97. The quantitative estimate of drug-likeness (QED) is 0.877. The number of ketones is 1. The molecule has 1 amide bonds. The van der Waals surface area contributed by atoms with Crippen LogP contribution in [0.1, 0.15) is 45.3 Å². The molecule has 0 saturated carbocycles. The van der Waals surface area contributed by atoms with Gasteiger partial charge >= 0.3 is 0 Å². The molecule has 106 valence electrons. The minimum Gasteiger partial charge on any atom is -0.306 e. The maximum absolute atomic E-state index is 12.2. The monoisotopic (exact) mass is 281 g/mol. The number of fused-ring (bicyclic) bond motifs is 1. The van der Waals surface area contributed by atoms with Crippen molar-refractivity contribution >= 4 is 17.5 Å². The van der Waals surface area contributed by atoms with Gasteiger partial charge < -0.3 is 5.32 Å². The Hall–Kier alpha value is -2.56. The van der Waals surface area contributed by atoms with Crippen LogP contribution in [0.3, 0.4) is 0 Å². The highest BCUT2D eigenvalue weighted by atomic mass is 16.1. The van der Waals surface area contributed by atoms with Gasteiger partial charge in [0.25, 0.3) is 5.91 Å². The van der Waals surface area contributed by atoms with Crippen LogP contribution >= 0.6 is 0 Å². The first-order valence-corrected chi connectivity index (χ1v) is 6.90. The number of hydrogen-bond acceptors (Lipinski definition) is 4. The number of carbonyl (C=O) groups excluding carboxylic acids is 2. The molecular formula is C16H15N3O2. The largest absolute Gasteiger partial charge is 0.306 e. The van der Waals surface area contributed by atoms with E-state index >= 15 is 0 Å². The normalized spacial score (nSPS) is 12.8. The van der Waals surface area contributed by atoms with E-state index in [4.69, 9.17) is 0 Å². The second-order valence-corrected chi connectivity index (χ2v) is 5.09. The zero-order valence-corrected chi connectivity index (χ0v) is 11.7. The van der Waals surface area contributed by atoms with Crippen LogP contribution < -0.4 is 5.32 Å². The molecule has 0 fully saturated rings. The van der Waals surface area contributed by atoms with Crippen LogP contribution in [0, 0.1) is 0 Å². The zero-order chi connectivity index (χ0) is 14.8. The second-order valence-electron chi connectivity index (χ2n) is 5.09. The van der Waals surface area contributed by atoms with Gasteiger partial charge in [-0.15, -0.1) is 0 Å². The molecule has 0 bridgehead atoms. The third-order valence-electron chi connectivity index (χ3n) is 3.66. The van der Waals surface area contributed by atoms with Gasteiger partial charge in [-0.1, -0.05) is 12.1 Å². The van der Waals surface area contributed by atoms with Crippen LogP contribution in [0.2, 0.25) is 0 Å². The van der Waals surface area contributed by atoms with Crippen molar-refractivity contribution in [2.24, 2.45) is 0 Å². The van der Waals surface area contributed by atoms with Crippen LogP contribution in [0.15, 0.2) is 30.6 Å². The summed E-state index contributed by atoms with van der Waals surface area (Å²) in [5.41, 5.74) is 3.15. The van der Waals surface area contributed by atoms with Crippen LogP contribution in [-0.4, -0.2) is 21.7 Å². The van der Waals surface area contributed by atoms with E-state index in [-0.39, 0.29) is 11.7 Å². The van der Waals surface area contributed by atoms with Crippen molar-refractivity contribution in [2.75, 3.05) is 5.32 Å². The van der Waals surface area contributed by atoms with Gasteiger partial charge in [0.2, 0.25) is 0 Å². The van der Waals surface area contributed by atoms with E-state index in [1.54, 1.807) is 24.3 Å². The highest BCUT2D eigenvalue weighted by Gasteiger charge is 2.18. The first kappa shape index (κ1) is 13.4. The number of aromatic nitrogens is 2. The van der Waals surface area contributed by atoms with E-state index in [0.29, 0.717) is 16.9 Å². The SMILES string of the molecule is CC(=O)c1ccc(C(=O)Nc2ncnc3c2CCC3)cc1. The lowest BCUT2D eigenvalue weighted by molar-refractivity contribution is 0.100. The van der Waals surface area contributed by atoms with Crippen LogP contribution in [-0.2, 0) is 12.8 Å². The van der Waals surface area contributed by atoms with Gasteiger partial charge in [0, 0.05) is 22.4 Å². The molecule has 0 atom stereocenters. The second kappa shape index (κ2) is 5.44. The van der Waals surface area contributed by atoms with E-state index in [2.05, 4.69) is 15.3 Å². The van der Waals surface area contributed by atoms with Crippen molar-refractivity contribution in [1.82, 2.24) is 9.97 Å². The van der Waals surface area contributed by atoms with Gasteiger partial charge in [0.05, 0.1) is 0 Å². The predicted octanol–water partition coefficient (Wildman–Crippen LogP) is 2.42. The molecule has 1 heterocycles. The van der Waals surface area contributed by atoms with Gasteiger partial charge in [-0.05, 0) is 38.3 Å². The molecule has 21 heavy (non-hydrogen) atoms. The zero-order valence-electron chi connectivity index (χ0n) is 11.7. The molecule has 0 spiro atoms. The Morgan fingerprint density at radius 3 is 2.48 bits per heavy atom. The molecule has 1 aliphatic carbocycles. The predicted molar refractivity (Wildman–Crippen MR) is 78.5 cm³/mol. The van der Waals surface area contributed by atoms with E-state index < -0.39 is 0 Å². The molecule has 5 heteroatoms.